The molecule has 5 heteroatoms. The third-order valence-corrected chi connectivity index (χ3v) is 4.50. The van der Waals surface area contributed by atoms with E-state index in [0.717, 1.165) is 0 Å². The second kappa shape index (κ2) is 7.94. The first-order valence-corrected chi connectivity index (χ1v) is 8.27. The van der Waals surface area contributed by atoms with Gasteiger partial charge in [-0.05, 0) is 30.7 Å². The van der Waals surface area contributed by atoms with Crippen LogP contribution >= 0.6 is 0 Å². The summed E-state index contributed by atoms with van der Waals surface area (Å²) in [6.07, 6.45) is -0.000637. The Balaban J connectivity index is 1.47. The molecule has 0 aliphatic heterocycles. The van der Waals surface area contributed by atoms with Crippen LogP contribution in [0.15, 0.2) is 60.7 Å². The highest BCUT2D eigenvalue weighted by Gasteiger charge is 2.41. The summed E-state index contributed by atoms with van der Waals surface area (Å²) in [6, 6.07) is 17.5. The van der Waals surface area contributed by atoms with Gasteiger partial charge in [0, 0.05) is 11.8 Å². The summed E-state index contributed by atoms with van der Waals surface area (Å²) in [7, 11) is 0. The first-order chi connectivity index (χ1) is 12.1. The lowest BCUT2D eigenvalue weighted by molar-refractivity contribution is -0.0852. The molecule has 0 spiro atoms. The number of aliphatic hydroxyl groups is 1. The quantitative estimate of drug-likeness (QED) is 0.819. The van der Waals surface area contributed by atoms with E-state index in [1.807, 2.05) is 12.1 Å². The van der Waals surface area contributed by atoms with Crippen LogP contribution in [-0.4, -0.2) is 36.4 Å². The van der Waals surface area contributed by atoms with Crippen molar-refractivity contribution in [1.82, 2.24) is 0 Å². The average molecular weight is 340 g/mol. The summed E-state index contributed by atoms with van der Waals surface area (Å²) in [5.74, 6) is -1.02. The van der Waals surface area contributed by atoms with E-state index in [2.05, 4.69) is 0 Å². The van der Waals surface area contributed by atoms with Gasteiger partial charge in [0.25, 0.3) is 0 Å². The smallest absolute Gasteiger partial charge is 0.338 e. The number of ether oxygens (including phenoxy) is 2. The molecule has 25 heavy (non-hydrogen) atoms. The number of carbonyl (C=O) groups is 2. The Morgan fingerprint density at radius 1 is 0.840 bits per heavy atom. The lowest BCUT2D eigenvalue weighted by atomic mass is 9.72. The van der Waals surface area contributed by atoms with Crippen molar-refractivity contribution in [3.8, 4) is 0 Å². The van der Waals surface area contributed by atoms with Crippen LogP contribution in [0.25, 0.3) is 0 Å². The molecule has 0 radical (unpaired) electrons. The molecule has 1 aliphatic carbocycles. The lowest BCUT2D eigenvalue weighted by Gasteiger charge is -2.40. The van der Waals surface area contributed by atoms with Crippen molar-refractivity contribution in [2.45, 2.75) is 12.5 Å². The number of benzene rings is 2. The predicted molar refractivity (Wildman–Crippen MR) is 91.1 cm³/mol. The fourth-order valence-corrected chi connectivity index (χ4v) is 2.89. The Morgan fingerprint density at radius 2 is 1.32 bits per heavy atom. The van der Waals surface area contributed by atoms with E-state index in [1.165, 1.54) is 0 Å². The van der Waals surface area contributed by atoms with Crippen LogP contribution < -0.4 is 0 Å². The summed E-state index contributed by atoms with van der Waals surface area (Å²) in [4.78, 5) is 23.9. The van der Waals surface area contributed by atoms with Crippen LogP contribution in [0.3, 0.4) is 0 Å². The van der Waals surface area contributed by atoms with Gasteiger partial charge in [0.1, 0.15) is 0 Å². The molecular weight excluding hydrogens is 320 g/mol. The highest BCUT2D eigenvalue weighted by molar-refractivity contribution is 5.89. The summed E-state index contributed by atoms with van der Waals surface area (Å²) in [5.41, 5.74) is 0.970. The van der Waals surface area contributed by atoms with E-state index < -0.39 is 12.1 Å². The zero-order valence-corrected chi connectivity index (χ0v) is 13.7. The molecule has 0 heterocycles. The van der Waals surface area contributed by atoms with Crippen molar-refractivity contribution in [3.05, 3.63) is 71.8 Å². The van der Waals surface area contributed by atoms with Crippen molar-refractivity contribution < 1.29 is 24.2 Å². The fraction of sp³-hybridized carbons (Fsp3) is 0.300. The van der Waals surface area contributed by atoms with Crippen LogP contribution in [-0.2, 0) is 9.47 Å². The summed E-state index contributed by atoms with van der Waals surface area (Å²) >= 11 is 0. The van der Waals surface area contributed by atoms with Crippen molar-refractivity contribution in [2.75, 3.05) is 13.2 Å². The Kier molecular flexibility index (Phi) is 5.46. The average Bonchev–Trinajstić information content (AvgIpc) is 2.66. The van der Waals surface area contributed by atoms with Gasteiger partial charge < -0.3 is 14.6 Å². The molecule has 0 bridgehead atoms. The first-order valence-electron chi connectivity index (χ1n) is 8.27. The molecule has 3 atom stereocenters. The third kappa shape index (κ3) is 4.25. The number of hydrogen-bond donors (Lipinski definition) is 1. The van der Waals surface area contributed by atoms with Gasteiger partial charge in [0.15, 0.2) is 0 Å². The van der Waals surface area contributed by atoms with E-state index in [4.69, 9.17) is 9.47 Å². The number of hydrogen-bond acceptors (Lipinski definition) is 5. The molecule has 3 rings (SSSR count). The predicted octanol–water partition coefficient (Wildman–Crippen LogP) is 2.70. The van der Waals surface area contributed by atoms with E-state index >= 15 is 0 Å². The summed E-state index contributed by atoms with van der Waals surface area (Å²) in [6.45, 7) is 0.320. The molecule has 1 N–H and O–H groups in total. The zero-order chi connectivity index (χ0) is 17.6. The Bertz CT molecular complexity index is 713. The van der Waals surface area contributed by atoms with E-state index in [-0.39, 0.29) is 31.0 Å². The third-order valence-electron chi connectivity index (χ3n) is 4.50. The molecule has 0 saturated heterocycles. The van der Waals surface area contributed by atoms with Crippen molar-refractivity contribution in [1.29, 1.82) is 0 Å². The van der Waals surface area contributed by atoms with Gasteiger partial charge in [-0.25, -0.2) is 9.59 Å². The Morgan fingerprint density at radius 3 is 1.80 bits per heavy atom. The normalized spacial score (nSPS) is 21.9. The molecular formula is C20H20O5. The Labute approximate surface area is 146 Å². The van der Waals surface area contributed by atoms with Gasteiger partial charge in [-0.1, -0.05) is 36.4 Å². The second-order valence-corrected chi connectivity index (χ2v) is 6.16. The molecule has 1 fully saturated rings. The van der Waals surface area contributed by atoms with Gasteiger partial charge in [0.2, 0.25) is 0 Å². The van der Waals surface area contributed by atoms with Crippen LogP contribution in [0.5, 0.6) is 0 Å². The molecule has 2 aromatic carbocycles. The van der Waals surface area contributed by atoms with Gasteiger partial charge >= 0.3 is 11.9 Å². The van der Waals surface area contributed by atoms with Gasteiger partial charge in [-0.2, -0.15) is 0 Å². The molecule has 0 unspecified atom stereocenters. The molecule has 130 valence electrons. The van der Waals surface area contributed by atoms with Gasteiger partial charge in [-0.15, -0.1) is 0 Å². The van der Waals surface area contributed by atoms with Crippen LogP contribution in [0.2, 0.25) is 0 Å². The van der Waals surface area contributed by atoms with E-state index in [0.29, 0.717) is 17.5 Å². The topological polar surface area (TPSA) is 72.8 Å². The minimum absolute atomic E-state index is 0.00812. The van der Waals surface area contributed by atoms with E-state index in [1.54, 1.807) is 48.5 Å². The minimum Gasteiger partial charge on any atom is -0.462 e. The van der Waals surface area contributed by atoms with Crippen LogP contribution in [0, 0.1) is 11.8 Å². The molecule has 1 saturated carbocycles. The standard InChI is InChI=1S/C20H20O5/c21-18-11-16(12-24-19(22)14-7-3-1-4-8-14)17(18)13-25-20(23)15-9-5-2-6-10-15/h1-10,16-18,21H,11-13H2/t16-,17-,18-/m1/s1. The molecule has 0 amide bonds. The maximum Gasteiger partial charge on any atom is 0.338 e. The maximum atomic E-state index is 12.0. The van der Waals surface area contributed by atoms with E-state index in [9.17, 15) is 14.7 Å². The fourth-order valence-electron chi connectivity index (χ4n) is 2.89. The van der Waals surface area contributed by atoms with Crippen molar-refractivity contribution in [2.24, 2.45) is 11.8 Å². The second-order valence-electron chi connectivity index (χ2n) is 6.16. The van der Waals surface area contributed by atoms with Crippen LogP contribution in [0.4, 0.5) is 0 Å². The SMILES string of the molecule is O=C(OC[C@H]1C[C@@H](O)[C@@H]1COC(=O)c1ccccc1)c1ccccc1. The lowest BCUT2D eigenvalue weighted by Crippen LogP contribution is -2.46. The van der Waals surface area contributed by atoms with Crippen molar-refractivity contribution >= 4 is 11.9 Å². The minimum atomic E-state index is -0.538. The number of carbonyl (C=O) groups excluding carboxylic acids is 2. The summed E-state index contributed by atoms with van der Waals surface area (Å²) < 4.78 is 10.6. The molecule has 5 nitrogen and oxygen atoms in total. The highest BCUT2D eigenvalue weighted by atomic mass is 16.5. The number of rotatable bonds is 6. The highest BCUT2D eigenvalue weighted by Crippen LogP contribution is 2.35. The van der Waals surface area contributed by atoms with Gasteiger partial charge in [-0.3, -0.25) is 0 Å². The zero-order valence-electron chi connectivity index (χ0n) is 13.7. The largest absolute Gasteiger partial charge is 0.462 e. The first kappa shape index (κ1) is 17.2. The van der Waals surface area contributed by atoms with Gasteiger partial charge in [0.05, 0.1) is 30.4 Å². The molecule has 1 aliphatic rings. The summed E-state index contributed by atoms with van der Waals surface area (Å²) in [5, 5.41) is 9.91. The Hall–Kier alpha value is -2.66. The van der Waals surface area contributed by atoms with Crippen LogP contribution in [0.1, 0.15) is 27.1 Å². The van der Waals surface area contributed by atoms with Crippen molar-refractivity contribution in [3.63, 3.8) is 0 Å². The number of esters is 2. The maximum absolute atomic E-state index is 12.0. The number of aliphatic hydroxyl groups excluding tert-OH is 1. The molecule has 2 aromatic rings. The monoisotopic (exact) mass is 340 g/mol. The molecule has 0 aromatic heterocycles.